The van der Waals surface area contributed by atoms with E-state index in [4.69, 9.17) is 0 Å². The number of hydrogen-bond donors (Lipinski definition) is 2. The van der Waals surface area contributed by atoms with Crippen LogP contribution in [0.15, 0.2) is 66.7 Å². The van der Waals surface area contributed by atoms with Gasteiger partial charge < -0.3 is 10.6 Å². The Morgan fingerprint density at radius 3 is 2.34 bits per heavy atom. The molecule has 0 unspecified atom stereocenters. The van der Waals surface area contributed by atoms with Gasteiger partial charge in [0.2, 0.25) is 11.8 Å². The molecule has 0 aliphatic rings. The van der Waals surface area contributed by atoms with E-state index in [0.717, 1.165) is 28.6 Å². The van der Waals surface area contributed by atoms with Crippen molar-refractivity contribution in [3.05, 3.63) is 72.3 Å². The summed E-state index contributed by atoms with van der Waals surface area (Å²) in [6.45, 7) is 4.00. The van der Waals surface area contributed by atoms with Crippen molar-refractivity contribution in [1.29, 1.82) is 0 Å². The van der Waals surface area contributed by atoms with E-state index >= 15 is 0 Å². The molecule has 3 rings (SSSR count). The van der Waals surface area contributed by atoms with Crippen molar-refractivity contribution in [2.45, 2.75) is 26.3 Å². The Hall–Kier alpha value is -3.18. The van der Waals surface area contributed by atoms with Crippen LogP contribution in [0.5, 0.6) is 0 Å². The number of hydrogen-bond acceptors (Lipinski definition) is 3. The third-order valence-electron chi connectivity index (χ3n) is 5.13. The average Bonchev–Trinajstić information content (AvgIpc) is 2.73. The van der Waals surface area contributed by atoms with E-state index in [1.54, 1.807) is 18.9 Å². The highest BCUT2D eigenvalue weighted by molar-refractivity contribution is 6.03. The number of amides is 2. The minimum Gasteiger partial charge on any atom is -0.325 e. The van der Waals surface area contributed by atoms with Gasteiger partial charge in [-0.3, -0.25) is 14.5 Å². The third-order valence-corrected chi connectivity index (χ3v) is 5.13. The number of likely N-dealkylation sites (N-methyl/N-ethyl adjacent to an activating group) is 1. The van der Waals surface area contributed by atoms with Crippen LogP contribution < -0.4 is 10.6 Å². The van der Waals surface area contributed by atoms with Crippen LogP contribution >= 0.6 is 0 Å². The molecule has 5 nitrogen and oxygen atoms in total. The Bertz CT molecular complexity index is 993. The van der Waals surface area contributed by atoms with Crippen molar-refractivity contribution in [2.75, 3.05) is 24.2 Å². The van der Waals surface area contributed by atoms with Gasteiger partial charge >= 0.3 is 0 Å². The molecule has 0 heterocycles. The highest BCUT2D eigenvalue weighted by Crippen LogP contribution is 2.22. The van der Waals surface area contributed by atoms with Crippen LogP contribution in [-0.2, 0) is 16.0 Å². The predicted molar refractivity (Wildman–Crippen MR) is 119 cm³/mol. The minimum absolute atomic E-state index is 0.118. The Kier molecular flexibility index (Phi) is 6.62. The van der Waals surface area contributed by atoms with Gasteiger partial charge in [-0.2, -0.15) is 0 Å². The van der Waals surface area contributed by atoms with Gasteiger partial charge in [0.1, 0.15) is 0 Å². The van der Waals surface area contributed by atoms with Gasteiger partial charge in [-0.15, -0.1) is 0 Å². The van der Waals surface area contributed by atoms with E-state index in [2.05, 4.69) is 17.6 Å². The van der Waals surface area contributed by atoms with Crippen molar-refractivity contribution in [3.8, 4) is 0 Å². The Balaban J connectivity index is 1.58. The van der Waals surface area contributed by atoms with E-state index < -0.39 is 6.04 Å². The topological polar surface area (TPSA) is 61.4 Å². The normalized spacial score (nSPS) is 12.0. The predicted octanol–water partition coefficient (Wildman–Crippen LogP) is 4.30. The maximum atomic E-state index is 12.5. The van der Waals surface area contributed by atoms with Gasteiger partial charge in [-0.1, -0.05) is 55.5 Å². The summed E-state index contributed by atoms with van der Waals surface area (Å²) in [7, 11) is 1.77. The van der Waals surface area contributed by atoms with Gasteiger partial charge in [0.05, 0.1) is 12.6 Å². The molecule has 3 aromatic rings. The monoisotopic (exact) mass is 389 g/mol. The molecule has 0 aromatic heterocycles. The zero-order valence-electron chi connectivity index (χ0n) is 17.1. The first-order chi connectivity index (χ1) is 14.0. The molecule has 2 amide bonds. The lowest BCUT2D eigenvalue weighted by atomic mass is 10.1. The zero-order chi connectivity index (χ0) is 20.8. The largest absolute Gasteiger partial charge is 0.325 e. The number of rotatable bonds is 7. The lowest BCUT2D eigenvalue weighted by Crippen LogP contribution is -2.43. The Labute approximate surface area is 171 Å². The number of fused-ring (bicyclic) bond motifs is 1. The number of carbonyl (C=O) groups excluding carboxylic acids is 2. The van der Waals surface area contributed by atoms with Gasteiger partial charge in [0.15, 0.2) is 0 Å². The smallest absolute Gasteiger partial charge is 0.241 e. The second-order valence-electron chi connectivity index (χ2n) is 7.21. The summed E-state index contributed by atoms with van der Waals surface area (Å²) in [6, 6.07) is 21.1. The van der Waals surface area contributed by atoms with Gasteiger partial charge in [-0.25, -0.2) is 0 Å². The van der Waals surface area contributed by atoms with Crippen molar-refractivity contribution in [2.24, 2.45) is 0 Å². The SMILES string of the molecule is CCc1ccc(NC(=O)[C@H](C)N(C)CC(=O)Nc2cccc3ccccc23)cc1. The van der Waals surface area contributed by atoms with Crippen LogP contribution in [-0.4, -0.2) is 36.3 Å². The first-order valence-electron chi connectivity index (χ1n) is 9.85. The maximum absolute atomic E-state index is 12.5. The van der Waals surface area contributed by atoms with E-state index in [9.17, 15) is 9.59 Å². The summed E-state index contributed by atoms with van der Waals surface area (Å²) in [6.07, 6.45) is 0.958. The number of aryl methyl sites for hydroxylation is 1. The molecule has 29 heavy (non-hydrogen) atoms. The maximum Gasteiger partial charge on any atom is 0.241 e. The summed E-state index contributed by atoms with van der Waals surface area (Å²) >= 11 is 0. The van der Waals surface area contributed by atoms with E-state index in [-0.39, 0.29) is 18.4 Å². The van der Waals surface area contributed by atoms with E-state index in [0.29, 0.717) is 0 Å². The van der Waals surface area contributed by atoms with Crippen molar-refractivity contribution in [3.63, 3.8) is 0 Å². The van der Waals surface area contributed by atoms with Crippen LogP contribution in [0.3, 0.4) is 0 Å². The number of nitrogens with one attached hydrogen (secondary N) is 2. The highest BCUT2D eigenvalue weighted by atomic mass is 16.2. The van der Waals surface area contributed by atoms with E-state index in [1.165, 1.54) is 5.56 Å². The molecular weight excluding hydrogens is 362 g/mol. The first kappa shape index (κ1) is 20.6. The molecule has 0 saturated heterocycles. The lowest BCUT2D eigenvalue weighted by molar-refractivity contribution is -0.122. The Morgan fingerprint density at radius 1 is 0.931 bits per heavy atom. The first-order valence-corrected chi connectivity index (χ1v) is 9.85. The molecule has 0 spiro atoms. The van der Waals surface area contributed by atoms with E-state index in [1.807, 2.05) is 66.7 Å². The second kappa shape index (κ2) is 9.34. The average molecular weight is 389 g/mol. The van der Waals surface area contributed by atoms with Crippen LogP contribution in [0.1, 0.15) is 19.4 Å². The van der Waals surface area contributed by atoms with Gasteiger partial charge in [0.25, 0.3) is 0 Å². The summed E-state index contributed by atoms with van der Waals surface area (Å²) in [5, 5.41) is 7.93. The highest BCUT2D eigenvalue weighted by Gasteiger charge is 2.20. The standard InChI is InChI=1S/C24H27N3O2/c1-4-18-12-14-20(15-13-18)25-24(29)17(2)27(3)16-23(28)26-22-11-7-9-19-8-5-6-10-21(19)22/h5-15,17H,4,16H2,1-3H3,(H,25,29)(H,26,28)/t17-/m0/s1. The number of benzene rings is 3. The van der Waals surface area contributed by atoms with Crippen molar-refractivity contribution in [1.82, 2.24) is 4.90 Å². The molecule has 0 bridgehead atoms. The summed E-state index contributed by atoms with van der Waals surface area (Å²) in [4.78, 5) is 26.8. The molecule has 5 heteroatoms. The number of nitrogens with zero attached hydrogens (tertiary/aromatic N) is 1. The molecular formula is C24H27N3O2. The van der Waals surface area contributed by atoms with Crippen LogP contribution in [0, 0.1) is 0 Å². The molecule has 150 valence electrons. The molecule has 2 N–H and O–H groups in total. The summed E-state index contributed by atoms with van der Waals surface area (Å²) < 4.78 is 0. The summed E-state index contributed by atoms with van der Waals surface area (Å²) in [5.41, 5.74) is 2.75. The van der Waals surface area contributed by atoms with Gasteiger partial charge in [-0.05, 0) is 49.5 Å². The molecule has 0 radical (unpaired) electrons. The number of carbonyl (C=O) groups is 2. The fourth-order valence-corrected chi connectivity index (χ4v) is 3.16. The summed E-state index contributed by atoms with van der Waals surface area (Å²) in [5.74, 6) is -0.300. The fraction of sp³-hybridized carbons (Fsp3) is 0.250. The molecule has 0 fully saturated rings. The molecule has 1 atom stereocenters. The molecule has 0 aliphatic heterocycles. The van der Waals surface area contributed by atoms with Crippen LogP contribution in [0.4, 0.5) is 11.4 Å². The molecule has 3 aromatic carbocycles. The van der Waals surface area contributed by atoms with Crippen LogP contribution in [0.25, 0.3) is 10.8 Å². The third kappa shape index (κ3) is 5.21. The molecule has 0 aliphatic carbocycles. The Morgan fingerprint density at radius 2 is 1.62 bits per heavy atom. The van der Waals surface area contributed by atoms with Crippen molar-refractivity contribution < 1.29 is 9.59 Å². The lowest BCUT2D eigenvalue weighted by Gasteiger charge is -2.23. The van der Waals surface area contributed by atoms with Crippen LogP contribution in [0.2, 0.25) is 0 Å². The second-order valence-corrected chi connectivity index (χ2v) is 7.21. The van der Waals surface area contributed by atoms with Crippen molar-refractivity contribution >= 4 is 34.0 Å². The minimum atomic E-state index is -0.445. The number of anilines is 2. The molecule has 0 saturated carbocycles. The quantitative estimate of drug-likeness (QED) is 0.633. The fourth-order valence-electron chi connectivity index (χ4n) is 3.16. The zero-order valence-corrected chi connectivity index (χ0v) is 17.1. The van der Waals surface area contributed by atoms with Gasteiger partial charge in [0, 0.05) is 16.8 Å².